The second-order valence-electron chi connectivity index (χ2n) is 4.70. The molecule has 0 aliphatic heterocycles. The Morgan fingerprint density at radius 2 is 1.89 bits per heavy atom. The van der Waals surface area contributed by atoms with Crippen molar-refractivity contribution in [3.63, 3.8) is 0 Å². The van der Waals surface area contributed by atoms with Gasteiger partial charge in [-0.1, -0.05) is 13.8 Å². The molecule has 0 aromatic carbocycles. The predicted molar refractivity (Wildman–Crippen MR) is 59.9 cm³/mol. The Morgan fingerprint density at radius 1 is 1.33 bits per heavy atom. The lowest BCUT2D eigenvalue weighted by Crippen LogP contribution is -2.29. The first-order valence-corrected chi connectivity index (χ1v) is 6.27. The molecule has 1 fully saturated rings. The molecule has 2 unspecified atom stereocenters. The van der Waals surface area contributed by atoms with Crippen LogP contribution in [-0.4, -0.2) is 34.8 Å². The van der Waals surface area contributed by atoms with Crippen LogP contribution in [0, 0.1) is 17.3 Å². The zero-order valence-electron chi connectivity index (χ0n) is 9.87. The van der Waals surface area contributed by atoms with Crippen molar-refractivity contribution in [2.75, 3.05) is 12.3 Å². The molecule has 104 valence electrons. The van der Waals surface area contributed by atoms with E-state index in [4.69, 9.17) is 5.11 Å². The minimum atomic E-state index is -4.31. The number of carbonyl (C=O) groups is 2. The SMILES string of the molecule is CC1(C)C(C(=O)O)C1C(=O)NCCSC(F)(F)F. The number of rotatable bonds is 5. The van der Waals surface area contributed by atoms with E-state index in [0.717, 1.165) is 0 Å². The standard InChI is InChI=1S/C10H14F3NO3S/c1-9(2)5(6(9)8(16)17)7(15)14-3-4-18-10(11,12)13/h5-6H,3-4H2,1-2H3,(H,14,15)(H,16,17). The number of nitrogens with one attached hydrogen (secondary N) is 1. The normalized spacial score (nSPS) is 25.6. The van der Waals surface area contributed by atoms with Crippen molar-refractivity contribution in [2.24, 2.45) is 17.3 Å². The van der Waals surface area contributed by atoms with Gasteiger partial charge in [0.2, 0.25) is 5.91 Å². The Labute approximate surface area is 106 Å². The van der Waals surface area contributed by atoms with Crippen LogP contribution in [0.5, 0.6) is 0 Å². The van der Waals surface area contributed by atoms with Crippen molar-refractivity contribution in [1.29, 1.82) is 0 Å². The first-order chi connectivity index (χ1) is 8.07. The minimum Gasteiger partial charge on any atom is -0.481 e. The first kappa shape index (κ1) is 15.1. The Morgan fingerprint density at radius 3 is 2.28 bits per heavy atom. The van der Waals surface area contributed by atoms with Crippen LogP contribution in [0.3, 0.4) is 0 Å². The number of carboxylic acid groups (broad SMARTS) is 1. The van der Waals surface area contributed by atoms with Gasteiger partial charge in [-0.05, 0) is 17.2 Å². The Kier molecular flexibility index (Phi) is 4.19. The van der Waals surface area contributed by atoms with Crippen molar-refractivity contribution in [2.45, 2.75) is 19.4 Å². The quantitative estimate of drug-likeness (QED) is 0.755. The van der Waals surface area contributed by atoms with Gasteiger partial charge in [0.25, 0.3) is 0 Å². The first-order valence-electron chi connectivity index (χ1n) is 5.28. The topological polar surface area (TPSA) is 66.4 Å². The van der Waals surface area contributed by atoms with E-state index in [1.165, 1.54) is 0 Å². The molecule has 1 aliphatic carbocycles. The van der Waals surface area contributed by atoms with Crippen molar-refractivity contribution in [3.8, 4) is 0 Å². The smallest absolute Gasteiger partial charge is 0.441 e. The summed E-state index contributed by atoms with van der Waals surface area (Å²) in [6.07, 6.45) is 0. The fraction of sp³-hybridized carbons (Fsp3) is 0.800. The zero-order valence-corrected chi connectivity index (χ0v) is 10.7. The highest BCUT2D eigenvalue weighted by Gasteiger charge is 2.65. The maximum atomic E-state index is 11.8. The molecule has 0 spiro atoms. The molecule has 0 aromatic heterocycles. The fourth-order valence-electron chi connectivity index (χ4n) is 2.04. The summed E-state index contributed by atoms with van der Waals surface area (Å²) in [4.78, 5) is 22.4. The van der Waals surface area contributed by atoms with E-state index >= 15 is 0 Å². The maximum absolute atomic E-state index is 11.8. The molecule has 1 aliphatic rings. The Balaban J connectivity index is 2.33. The van der Waals surface area contributed by atoms with Crippen molar-refractivity contribution in [1.82, 2.24) is 5.32 Å². The molecular weight excluding hydrogens is 271 g/mol. The fourth-order valence-corrected chi connectivity index (χ4v) is 2.47. The molecular formula is C10H14F3NO3S. The number of carbonyl (C=O) groups excluding carboxylic acids is 1. The van der Waals surface area contributed by atoms with Crippen LogP contribution in [0.1, 0.15) is 13.8 Å². The van der Waals surface area contributed by atoms with Gasteiger partial charge >= 0.3 is 11.5 Å². The summed E-state index contributed by atoms with van der Waals surface area (Å²) in [5.41, 5.74) is -4.94. The second kappa shape index (κ2) is 4.99. The number of hydrogen-bond acceptors (Lipinski definition) is 3. The summed E-state index contributed by atoms with van der Waals surface area (Å²) in [7, 11) is 0. The largest absolute Gasteiger partial charge is 0.481 e. The molecule has 0 bridgehead atoms. The highest BCUT2D eigenvalue weighted by Crippen LogP contribution is 2.58. The summed E-state index contributed by atoms with van der Waals surface area (Å²) in [6, 6.07) is 0. The zero-order chi connectivity index (χ0) is 14.1. The molecule has 2 N–H and O–H groups in total. The van der Waals surface area contributed by atoms with Crippen LogP contribution in [-0.2, 0) is 9.59 Å². The number of halogens is 3. The van der Waals surface area contributed by atoms with Crippen LogP contribution < -0.4 is 5.32 Å². The average molecular weight is 285 g/mol. The molecule has 18 heavy (non-hydrogen) atoms. The van der Waals surface area contributed by atoms with Crippen LogP contribution in [0.2, 0.25) is 0 Å². The number of aliphatic carboxylic acids is 1. The third kappa shape index (κ3) is 3.54. The Bertz CT molecular complexity index is 357. The van der Waals surface area contributed by atoms with Gasteiger partial charge in [-0.15, -0.1) is 0 Å². The van der Waals surface area contributed by atoms with Crippen LogP contribution in [0.4, 0.5) is 13.2 Å². The summed E-state index contributed by atoms with van der Waals surface area (Å²) < 4.78 is 35.4. The van der Waals surface area contributed by atoms with E-state index < -0.39 is 34.6 Å². The van der Waals surface area contributed by atoms with E-state index in [9.17, 15) is 22.8 Å². The van der Waals surface area contributed by atoms with Gasteiger partial charge in [0.15, 0.2) is 0 Å². The molecule has 0 radical (unpaired) electrons. The molecule has 0 heterocycles. The van der Waals surface area contributed by atoms with Crippen LogP contribution in [0.15, 0.2) is 0 Å². The van der Waals surface area contributed by atoms with Crippen molar-refractivity contribution < 1.29 is 27.9 Å². The van der Waals surface area contributed by atoms with Gasteiger partial charge in [-0.3, -0.25) is 9.59 Å². The number of hydrogen-bond donors (Lipinski definition) is 2. The lowest BCUT2D eigenvalue weighted by molar-refractivity contribution is -0.140. The monoisotopic (exact) mass is 285 g/mol. The van der Waals surface area contributed by atoms with Gasteiger partial charge in [-0.25, -0.2) is 0 Å². The summed E-state index contributed by atoms with van der Waals surface area (Å²) in [6.45, 7) is 3.18. The maximum Gasteiger partial charge on any atom is 0.441 e. The summed E-state index contributed by atoms with van der Waals surface area (Å²) >= 11 is -0.216. The number of thioether (sulfide) groups is 1. The third-order valence-electron chi connectivity index (χ3n) is 3.04. The van der Waals surface area contributed by atoms with Crippen LogP contribution in [0.25, 0.3) is 0 Å². The molecule has 0 aromatic rings. The lowest BCUT2D eigenvalue weighted by atomic mass is 10.1. The van der Waals surface area contributed by atoms with Gasteiger partial charge in [0.05, 0.1) is 11.8 Å². The molecule has 4 nitrogen and oxygen atoms in total. The van der Waals surface area contributed by atoms with Crippen molar-refractivity contribution >= 4 is 23.6 Å². The number of carboxylic acids is 1. The minimum absolute atomic E-state index is 0.123. The summed E-state index contributed by atoms with van der Waals surface area (Å²) in [5, 5.41) is 11.2. The molecule has 1 rings (SSSR count). The summed E-state index contributed by atoms with van der Waals surface area (Å²) in [5.74, 6) is -3.24. The Hall–Kier alpha value is -0.920. The predicted octanol–water partition coefficient (Wildman–Crippen LogP) is 1.71. The highest BCUT2D eigenvalue weighted by atomic mass is 32.2. The van der Waals surface area contributed by atoms with Gasteiger partial charge < -0.3 is 10.4 Å². The second-order valence-corrected chi connectivity index (χ2v) is 5.86. The number of amides is 1. The van der Waals surface area contributed by atoms with E-state index in [2.05, 4.69) is 5.32 Å². The van der Waals surface area contributed by atoms with Gasteiger partial charge in [0.1, 0.15) is 0 Å². The molecule has 8 heteroatoms. The molecule has 1 saturated carbocycles. The van der Waals surface area contributed by atoms with Gasteiger partial charge in [-0.2, -0.15) is 13.2 Å². The molecule has 0 saturated heterocycles. The van der Waals surface area contributed by atoms with E-state index in [-0.39, 0.29) is 24.1 Å². The number of alkyl halides is 3. The van der Waals surface area contributed by atoms with Crippen LogP contribution >= 0.6 is 11.8 Å². The third-order valence-corrected chi connectivity index (χ3v) is 3.78. The molecule has 1 amide bonds. The van der Waals surface area contributed by atoms with Gasteiger partial charge in [0, 0.05) is 12.3 Å². The highest BCUT2D eigenvalue weighted by molar-refractivity contribution is 8.00. The lowest BCUT2D eigenvalue weighted by Gasteiger charge is -2.07. The van der Waals surface area contributed by atoms with Crippen molar-refractivity contribution in [3.05, 3.63) is 0 Å². The van der Waals surface area contributed by atoms with E-state index in [1.54, 1.807) is 13.8 Å². The van der Waals surface area contributed by atoms with E-state index in [1.807, 2.05) is 0 Å². The van der Waals surface area contributed by atoms with E-state index in [0.29, 0.717) is 0 Å². The molecule has 2 atom stereocenters. The average Bonchev–Trinajstić information content (AvgIpc) is 2.75.